The third-order valence-electron chi connectivity index (χ3n) is 1.16. The van der Waals surface area contributed by atoms with E-state index in [1.54, 1.807) is 7.05 Å². The summed E-state index contributed by atoms with van der Waals surface area (Å²) in [7, 11) is 1.63. The molecule has 0 fully saturated rings. The molecule has 0 spiro atoms. The molecule has 76 valence electrons. The lowest BCUT2D eigenvalue weighted by Crippen LogP contribution is -2.48. The number of amides is 1. The molecule has 0 radical (unpaired) electrons. The van der Waals surface area contributed by atoms with Crippen LogP contribution in [0.4, 0.5) is 0 Å². The van der Waals surface area contributed by atoms with Crippen LogP contribution in [0.1, 0.15) is 6.92 Å². The van der Waals surface area contributed by atoms with Gasteiger partial charge >= 0.3 is 0 Å². The Morgan fingerprint density at radius 3 is 2.31 bits per heavy atom. The van der Waals surface area contributed by atoms with Crippen LogP contribution in [0, 0.1) is 0 Å². The van der Waals surface area contributed by atoms with Crippen molar-refractivity contribution in [1.82, 2.24) is 10.6 Å². The molecule has 1 amide bonds. The summed E-state index contributed by atoms with van der Waals surface area (Å²) in [5, 5.41) is 5.23. The Labute approximate surface area is 79.9 Å². The molecule has 0 aliphatic heterocycles. The van der Waals surface area contributed by atoms with Crippen LogP contribution in [0.3, 0.4) is 0 Å². The summed E-state index contributed by atoms with van der Waals surface area (Å²) in [6.07, 6.45) is -0.630. The molecule has 1 atom stereocenters. The van der Waals surface area contributed by atoms with Crippen LogP contribution in [0.25, 0.3) is 0 Å². The summed E-state index contributed by atoms with van der Waals surface area (Å²) in [6.45, 7) is 12.0. The highest BCUT2D eigenvalue weighted by Gasteiger charge is 2.08. The van der Waals surface area contributed by atoms with E-state index in [4.69, 9.17) is 5.73 Å². The van der Waals surface area contributed by atoms with Crippen molar-refractivity contribution in [1.29, 1.82) is 0 Å². The zero-order valence-corrected chi connectivity index (χ0v) is 8.39. The zero-order chi connectivity index (χ0) is 10.9. The number of rotatable bonds is 4. The van der Waals surface area contributed by atoms with Crippen molar-refractivity contribution >= 4 is 5.91 Å². The van der Waals surface area contributed by atoms with Crippen LogP contribution in [-0.4, -0.2) is 25.7 Å². The SMILES string of the molecule is C=C.C=C(C)CNC(=O)C(N)NC. The molecule has 1 unspecified atom stereocenters. The van der Waals surface area contributed by atoms with E-state index in [1.165, 1.54) is 0 Å². The second kappa shape index (κ2) is 8.96. The summed E-state index contributed by atoms with van der Waals surface area (Å²) in [4.78, 5) is 10.9. The number of carbonyl (C=O) groups is 1. The maximum absolute atomic E-state index is 10.9. The van der Waals surface area contributed by atoms with Crippen molar-refractivity contribution in [3.05, 3.63) is 25.3 Å². The molecule has 0 rings (SSSR count). The van der Waals surface area contributed by atoms with Gasteiger partial charge in [-0.3, -0.25) is 10.1 Å². The van der Waals surface area contributed by atoms with Gasteiger partial charge in [0.25, 0.3) is 5.91 Å². The molecule has 0 aromatic carbocycles. The lowest BCUT2D eigenvalue weighted by atomic mass is 10.3. The maximum atomic E-state index is 10.9. The summed E-state index contributed by atoms with van der Waals surface area (Å²) >= 11 is 0. The Kier molecular flexibility index (Phi) is 9.93. The van der Waals surface area contributed by atoms with E-state index >= 15 is 0 Å². The highest BCUT2D eigenvalue weighted by molar-refractivity contribution is 5.81. The smallest absolute Gasteiger partial charge is 0.251 e. The Morgan fingerprint density at radius 1 is 1.54 bits per heavy atom. The molecule has 0 aromatic rings. The second-order valence-electron chi connectivity index (χ2n) is 2.44. The molecular formula is C9H19N3O. The van der Waals surface area contributed by atoms with Gasteiger partial charge in [0, 0.05) is 6.54 Å². The Hall–Kier alpha value is -1.13. The van der Waals surface area contributed by atoms with Crippen LogP contribution in [0.5, 0.6) is 0 Å². The van der Waals surface area contributed by atoms with Crippen LogP contribution in [0.15, 0.2) is 25.3 Å². The van der Waals surface area contributed by atoms with Crippen molar-refractivity contribution in [3.63, 3.8) is 0 Å². The minimum absolute atomic E-state index is 0.212. The molecule has 4 N–H and O–H groups in total. The van der Waals surface area contributed by atoms with Crippen LogP contribution < -0.4 is 16.4 Å². The largest absolute Gasteiger partial charge is 0.350 e. The van der Waals surface area contributed by atoms with E-state index in [2.05, 4.69) is 30.4 Å². The fourth-order valence-electron chi connectivity index (χ4n) is 0.479. The van der Waals surface area contributed by atoms with Gasteiger partial charge in [0.2, 0.25) is 0 Å². The molecule has 4 nitrogen and oxygen atoms in total. The van der Waals surface area contributed by atoms with Gasteiger partial charge in [0.1, 0.15) is 6.17 Å². The first-order valence-corrected chi connectivity index (χ1v) is 3.93. The minimum atomic E-state index is -0.630. The second-order valence-corrected chi connectivity index (χ2v) is 2.44. The summed E-state index contributed by atoms with van der Waals surface area (Å²) in [5.41, 5.74) is 6.25. The molecule has 0 aliphatic rings. The lowest BCUT2D eigenvalue weighted by Gasteiger charge is -2.10. The van der Waals surface area contributed by atoms with Crippen molar-refractivity contribution in [2.75, 3.05) is 13.6 Å². The first-order valence-electron chi connectivity index (χ1n) is 3.93. The van der Waals surface area contributed by atoms with Crippen LogP contribution in [-0.2, 0) is 4.79 Å². The summed E-state index contributed by atoms with van der Waals surface area (Å²) in [5.74, 6) is -0.212. The van der Waals surface area contributed by atoms with E-state index in [9.17, 15) is 4.79 Å². The average Bonchev–Trinajstić information content (AvgIpc) is 2.16. The van der Waals surface area contributed by atoms with Crippen molar-refractivity contribution in [2.24, 2.45) is 5.73 Å². The molecular weight excluding hydrogens is 166 g/mol. The van der Waals surface area contributed by atoms with Gasteiger partial charge in [-0.25, -0.2) is 0 Å². The number of likely N-dealkylation sites (N-methyl/N-ethyl adjacent to an activating group) is 1. The molecule has 13 heavy (non-hydrogen) atoms. The van der Waals surface area contributed by atoms with E-state index in [-0.39, 0.29) is 5.91 Å². The third kappa shape index (κ3) is 8.78. The first kappa shape index (κ1) is 14.4. The van der Waals surface area contributed by atoms with Gasteiger partial charge < -0.3 is 11.1 Å². The van der Waals surface area contributed by atoms with E-state index in [0.29, 0.717) is 6.54 Å². The molecule has 0 bridgehead atoms. The Bertz CT molecular complexity index is 168. The molecule has 0 saturated heterocycles. The standard InChI is InChI=1S/C7H15N3O.C2H4/c1-5(2)4-10-7(11)6(8)9-3;1-2/h6,9H,1,4,8H2,2-3H3,(H,10,11);1-2H2. The van der Waals surface area contributed by atoms with Crippen molar-refractivity contribution < 1.29 is 4.79 Å². The summed E-state index contributed by atoms with van der Waals surface area (Å²) < 4.78 is 0. The predicted octanol–water partition coefficient (Wildman–Crippen LogP) is -0.0149. The average molecular weight is 185 g/mol. The number of hydrogen-bond acceptors (Lipinski definition) is 3. The highest BCUT2D eigenvalue weighted by atomic mass is 16.2. The van der Waals surface area contributed by atoms with Gasteiger partial charge in [0.05, 0.1) is 0 Å². The molecule has 0 aromatic heterocycles. The first-order chi connectivity index (χ1) is 6.07. The molecule has 0 heterocycles. The number of nitrogens with two attached hydrogens (primary N) is 1. The van der Waals surface area contributed by atoms with Gasteiger partial charge in [-0.15, -0.1) is 13.2 Å². The number of carbonyl (C=O) groups excluding carboxylic acids is 1. The maximum Gasteiger partial charge on any atom is 0.251 e. The normalized spacial score (nSPS) is 10.7. The quantitative estimate of drug-likeness (QED) is 0.426. The molecule has 0 saturated carbocycles. The lowest BCUT2D eigenvalue weighted by molar-refractivity contribution is -0.122. The van der Waals surface area contributed by atoms with E-state index in [0.717, 1.165) is 5.57 Å². The molecule has 4 heteroatoms. The van der Waals surface area contributed by atoms with Crippen molar-refractivity contribution in [2.45, 2.75) is 13.1 Å². The van der Waals surface area contributed by atoms with Gasteiger partial charge in [-0.2, -0.15) is 0 Å². The topological polar surface area (TPSA) is 67.2 Å². The van der Waals surface area contributed by atoms with Crippen LogP contribution >= 0.6 is 0 Å². The Morgan fingerprint density at radius 2 is 2.00 bits per heavy atom. The Balaban J connectivity index is 0. The minimum Gasteiger partial charge on any atom is -0.350 e. The highest BCUT2D eigenvalue weighted by Crippen LogP contribution is 1.81. The van der Waals surface area contributed by atoms with Gasteiger partial charge in [-0.05, 0) is 14.0 Å². The van der Waals surface area contributed by atoms with Gasteiger partial charge in [0.15, 0.2) is 0 Å². The van der Waals surface area contributed by atoms with E-state index < -0.39 is 6.17 Å². The molecule has 0 aliphatic carbocycles. The fourth-order valence-corrected chi connectivity index (χ4v) is 0.479. The number of nitrogens with one attached hydrogen (secondary N) is 2. The predicted molar refractivity (Wildman–Crippen MR) is 56.1 cm³/mol. The number of hydrogen-bond donors (Lipinski definition) is 3. The van der Waals surface area contributed by atoms with E-state index in [1.807, 2.05) is 6.92 Å². The monoisotopic (exact) mass is 185 g/mol. The van der Waals surface area contributed by atoms with Gasteiger partial charge in [-0.1, -0.05) is 12.2 Å². The fraction of sp³-hybridized carbons (Fsp3) is 0.444. The van der Waals surface area contributed by atoms with Crippen LogP contribution in [0.2, 0.25) is 0 Å². The summed E-state index contributed by atoms with van der Waals surface area (Å²) in [6, 6.07) is 0. The van der Waals surface area contributed by atoms with Crippen molar-refractivity contribution in [3.8, 4) is 0 Å². The third-order valence-corrected chi connectivity index (χ3v) is 1.16. The zero-order valence-electron chi connectivity index (χ0n) is 8.39.